The molecule has 11 heavy (non-hydrogen) atoms. The lowest BCUT2D eigenvalue weighted by atomic mass is 10.1. The Morgan fingerprint density at radius 3 is 2.55 bits per heavy atom. The SMILES string of the molecule is Cc1cccc(C(C)N)c1Cl. The number of rotatable bonds is 1. The highest BCUT2D eigenvalue weighted by Crippen LogP contribution is 2.24. The average Bonchev–Trinajstić information content (AvgIpc) is 1.94. The van der Waals surface area contributed by atoms with E-state index in [1.165, 1.54) is 0 Å². The molecule has 0 amide bonds. The van der Waals surface area contributed by atoms with E-state index in [4.69, 9.17) is 17.3 Å². The molecule has 0 spiro atoms. The van der Waals surface area contributed by atoms with E-state index >= 15 is 0 Å². The summed E-state index contributed by atoms with van der Waals surface area (Å²) in [6.07, 6.45) is 0. The number of hydrogen-bond donors (Lipinski definition) is 1. The van der Waals surface area contributed by atoms with Crippen LogP contribution in [0.2, 0.25) is 5.02 Å². The molecule has 1 aromatic rings. The predicted molar refractivity (Wildman–Crippen MR) is 48.8 cm³/mol. The fourth-order valence-electron chi connectivity index (χ4n) is 1.02. The average molecular weight is 170 g/mol. The molecule has 2 heteroatoms. The Morgan fingerprint density at radius 2 is 2.09 bits per heavy atom. The van der Waals surface area contributed by atoms with Gasteiger partial charge in [0.15, 0.2) is 0 Å². The summed E-state index contributed by atoms with van der Waals surface area (Å²) in [4.78, 5) is 0. The molecule has 0 aliphatic heterocycles. The van der Waals surface area contributed by atoms with Crippen LogP contribution >= 0.6 is 11.6 Å². The van der Waals surface area contributed by atoms with Gasteiger partial charge >= 0.3 is 0 Å². The van der Waals surface area contributed by atoms with Gasteiger partial charge in [-0.15, -0.1) is 0 Å². The van der Waals surface area contributed by atoms with Gasteiger partial charge in [0.25, 0.3) is 0 Å². The van der Waals surface area contributed by atoms with Crippen LogP contribution in [0.1, 0.15) is 24.1 Å². The molecule has 1 atom stereocenters. The first-order valence-electron chi connectivity index (χ1n) is 3.63. The van der Waals surface area contributed by atoms with E-state index in [-0.39, 0.29) is 6.04 Å². The molecular formula is C9H12ClN. The maximum atomic E-state index is 6.01. The zero-order chi connectivity index (χ0) is 8.43. The van der Waals surface area contributed by atoms with Crippen LogP contribution < -0.4 is 5.73 Å². The van der Waals surface area contributed by atoms with Gasteiger partial charge in [-0.1, -0.05) is 29.8 Å². The second-order valence-corrected chi connectivity index (χ2v) is 3.14. The molecule has 0 bridgehead atoms. The Kier molecular flexibility index (Phi) is 2.53. The molecule has 0 aliphatic rings. The van der Waals surface area contributed by atoms with Gasteiger partial charge in [0.05, 0.1) is 0 Å². The minimum Gasteiger partial charge on any atom is -0.324 e. The molecule has 0 radical (unpaired) electrons. The summed E-state index contributed by atoms with van der Waals surface area (Å²) in [5.41, 5.74) is 7.80. The summed E-state index contributed by atoms with van der Waals surface area (Å²) in [6.45, 7) is 3.91. The fourth-order valence-corrected chi connectivity index (χ4v) is 1.32. The molecule has 1 aromatic carbocycles. The van der Waals surface area contributed by atoms with E-state index in [0.29, 0.717) is 0 Å². The van der Waals surface area contributed by atoms with Crippen molar-refractivity contribution in [1.29, 1.82) is 0 Å². The number of benzene rings is 1. The topological polar surface area (TPSA) is 26.0 Å². The normalized spacial score (nSPS) is 13.1. The van der Waals surface area contributed by atoms with Crippen molar-refractivity contribution in [2.75, 3.05) is 0 Å². The lowest BCUT2D eigenvalue weighted by molar-refractivity contribution is 0.817. The molecule has 1 unspecified atom stereocenters. The third-order valence-corrected chi connectivity index (χ3v) is 2.23. The molecule has 0 heterocycles. The van der Waals surface area contributed by atoms with Crippen LogP contribution in [0.25, 0.3) is 0 Å². The lowest BCUT2D eigenvalue weighted by Crippen LogP contribution is -2.05. The first-order valence-corrected chi connectivity index (χ1v) is 4.01. The largest absolute Gasteiger partial charge is 0.324 e. The highest BCUT2D eigenvalue weighted by molar-refractivity contribution is 6.32. The van der Waals surface area contributed by atoms with Crippen molar-refractivity contribution >= 4 is 11.6 Å². The Bertz CT molecular complexity index is 256. The summed E-state index contributed by atoms with van der Waals surface area (Å²) in [6, 6.07) is 5.93. The van der Waals surface area contributed by atoms with Crippen LogP contribution in [-0.2, 0) is 0 Å². The van der Waals surface area contributed by atoms with Crippen molar-refractivity contribution in [3.05, 3.63) is 34.3 Å². The number of aryl methyl sites for hydroxylation is 1. The van der Waals surface area contributed by atoms with Crippen molar-refractivity contribution in [2.24, 2.45) is 5.73 Å². The van der Waals surface area contributed by atoms with E-state index in [1.807, 2.05) is 32.0 Å². The molecule has 1 nitrogen and oxygen atoms in total. The second-order valence-electron chi connectivity index (χ2n) is 2.77. The Balaban J connectivity index is 3.17. The van der Waals surface area contributed by atoms with Crippen LogP contribution in [-0.4, -0.2) is 0 Å². The molecular weight excluding hydrogens is 158 g/mol. The van der Waals surface area contributed by atoms with Gasteiger partial charge in [-0.3, -0.25) is 0 Å². The monoisotopic (exact) mass is 169 g/mol. The number of halogens is 1. The van der Waals surface area contributed by atoms with Gasteiger partial charge < -0.3 is 5.73 Å². The van der Waals surface area contributed by atoms with Crippen molar-refractivity contribution in [1.82, 2.24) is 0 Å². The van der Waals surface area contributed by atoms with E-state index in [2.05, 4.69) is 0 Å². The van der Waals surface area contributed by atoms with Crippen LogP contribution in [0.5, 0.6) is 0 Å². The lowest BCUT2D eigenvalue weighted by Gasteiger charge is -2.09. The predicted octanol–water partition coefficient (Wildman–Crippen LogP) is 2.67. The minimum atomic E-state index is 0.0161. The smallest absolute Gasteiger partial charge is 0.0482 e. The Morgan fingerprint density at radius 1 is 1.45 bits per heavy atom. The van der Waals surface area contributed by atoms with Gasteiger partial charge in [-0.25, -0.2) is 0 Å². The van der Waals surface area contributed by atoms with Crippen LogP contribution in [0.15, 0.2) is 18.2 Å². The maximum Gasteiger partial charge on any atom is 0.0482 e. The Labute approximate surface area is 72.2 Å². The van der Waals surface area contributed by atoms with Crippen LogP contribution in [0.4, 0.5) is 0 Å². The highest BCUT2D eigenvalue weighted by Gasteiger charge is 2.05. The molecule has 0 fully saturated rings. The summed E-state index contributed by atoms with van der Waals surface area (Å²) in [5.74, 6) is 0. The zero-order valence-electron chi connectivity index (χ0n) is 6.76. The molecule has 2 N–H and O–H groups in total. The van der Waals surface area contributed by atoms with Gasteiger partial charge in [0.2, 0.25) is 0 Å². The maximum absolute atomic E-state index is 6.01. The minimum absolute atomic E-state index is 0.0161. The van der Waals surface area contributed by atoms with E-state index in [9.17, 15) is 0 Å². The summed E-state index contributed by atoms with van der Waals surface area (Å²) in [7, 11) is 0. The third kappa shape index (κ3) is 1.73. The van der Waals surface area contributed by atoms with Gasteiger partial charge in [-0.05, 0) is 25.0 Å². The number of hydrogen-bond acceptors (Lipinski definition) is 1. The van der Waals surface area contributed by atoms with Crippen LogP contribution in [0.3, 0.4) is 0 Å². The molecule has 0 saturated heterocycles. The van der Waals surface area contributed by atoms with Gasteiger partial charge in [0.1, 0.15) is 0 Å². The first-order chi connectivity index (χ1) is 5.13. The summed E-state index contributed by atoms with van der Waals surface area (Å²) < 4.78 is 0. The summed E-state index contributed by atoms with van der Waals surface area (Å²) >= 11 is 6.01. The van der Waals surface area contributed by atoms with Crippen molar-refractivity contribution in [2.45, 2.75) is 19.9 Å². The van der Waals surface area contributed by atoms with Gasteiger partial charge in [0, 0.05) is 11.1 Å². The fraction of sp³-hybridized carbons (Fsp3) is 0.333. The molecule has 1 rings (SSSR count). The van der Waals surface area contributed by atoms with Crippen molar-refractivity contribution < 1.29 is 0 Å². The number of nitrogens with two attached hydrogens (primary N) is 1. The van der Waals surface area contributed by atoms with Crippen molar-refractivity contribution in [3.63, 3.8) is 0 Å². The first kappa shape index (κ1) is 8.57. The highest BCUT2D eigenvalue weighted by atomic mass is 35.5. The third-order valence-electron chi connectivity index (χ3n) is 1.71. The standard InChI is InChI=1S/C9H12ClN/c1-6-4-3-5-8(7(2)11)9(6)10/h3-5,7H,11H2,1-2H3. The molecule has 0 aromatic heterocycles. The molecule has 60 valence electrons. The zero-order valence-corrected chi connectivity index (χ0v) is 7.52. The second kappa shape index (κ2) is 3.24. The Hall–Kier alpha value is -0.530. The molecule has 0 saturated carbocycles. The van der Waals surface area contributed by atoms with E-state index < -0.39 is 0 Å². The van der Waals surface area contributed by atoms with Crippen LogP contribution in [0, 0.1) is 6.92 Å². The van der Waals surface area contributed by atoms with Crippen molar-refractivity contribution in [3.8, 4) is 0 Å². The molecule has 0 aliphatic carbocycles. The van der Waals surface area contributed by atoms with E-state index in [0.717, 1.165) is 16.1 Å². The summed E-state index contributed by atoms with van der Waals surface area (Å²) in [5, 5.41) is 0.794. The van der Waals surface area contributed by atoms with E-state index in [1.54, 1.807) is 0 Å². The van der Waals surface area contributed by atoms with Gasteiger partial charge in [-0.2, -0.15) is 0 Å². The quantitative estimate of drug-likeness (QED) is 0.688.